The predicted molar refractivity (Wildman–Crippen MR) is 87.5 cm³/mol. The zero-order chi connectivity index (χ0) is 16.2. The first kappa shape index (κ1) is 15.9. The smallest absolute Gasteiger partial charge is 0.291 e. The summed E-state index contributed by atoms with van der Waals surface area (Å²) in [6.07, 6.45) is 5.15. The Bertz CT molecular complexity index is 687. The van der Waals surface area contributed by atoms with E-state index in [0.717, 1.165) is 31.0 Å². The van der Waals surface area contributed by atoms with Crippen molar-refractivity contribution in [2.24, 2.45) is 0 Å². The van der Waals surface area contributed by atoms with Crippen LogP contribution in [-0.4, -0.2) is 56.6 Å². The summed E-state index contributed by atoms with van der Waals surface area (Å²) in [5, 5.41) is 7.17. The van der Waals surface area contributed by atoms with Gasteiger partial charge in [-0.1, -0.05) is 12.8 Å². The van der Waals surface area contributed by atoms with Gasteiger partial charge in [0, 0.05) is 24.5 Å². The van der Waals surface area contributed by atoms with Crippen molar-refractivity contribution in [1.82, 2.24) is 29.8 Å². The summed E-state index contributed by atoms with van der Waals surface area (Å²) in [7, 11) is 0. The minimum absolute atomic E-state index is 0.182. The third-order valence-corrected chi connectivity index (χ3v) is 4.23. The number of aryl methyl sites for hydroxylation is 2. The van der Waals surface area contributed by atoms with E-state index in [-0.39, 0.29) is 11.7 Å². The Morgan fingerprint density at radius 3 is 2.65 bits per heavy atom. The van der Waals surface area contributed by atoms with E-state index in [9.17, 15) is 4.79 Å². The van der Waals surface area contributed by atoms with Crippen LogP contribution in [0.4, 0.5) is 0 Å². The fraction of sp³-hybridized carbons (Fsp3) is 0.625. The molecule has 0 bridgehead atoms. The Morgan fingerprint density at radius 2 is 1.91 bits per heavy atom. The Hall–Kier alpha value is -2.02. The Balaban J connectivity index is 1.58. The molecule has 0 spiro atoms. The van der Waals surface area contributed by atoms with Crippen molar-refractivity contribution in [1.29, 1.82) is 0 Å². The number of nitrogens with zero attached hydrogens (tertiary/aromatic N) is 5. The Kier molecular flexibility index (Phi) is 4.85. The number of nitrogens with one attached hydrogen (secondary N) is 1. The van der Waals surface area contributed by atoms with Crippen LogP contribution in [0.2, 0.25) is 0 Å². The molecule has 1 aliphatic heterocycles. The summed E-state index contributed by atoms with van der Waals surface area (Å²) in [4.78, 5) is 23.2. The van der Waals surface area contributed by atoms with Gasteiger partial charge < -0.3 is 10.2 Å². The van der Waals surface area contributed by atoms with Gasteiger partial charge in [0.25, 0.3) is 11.7 Å². The largest absolute Gasteiger partial charge is 0.348 e. The molecule has 0 radical (unpaired) electrons. The average Bonchev–Trinajstić information content (AvgIpc) is 2.77. The van der Waals surface area contributed by atoms with E-state index in [2.05, 4.69) is 25.3 Å². The van der Waals surface area contributed by atoms with Crippen LogP contribution in [-0.2, 0) is 0 Å². The highest BCUT2D eigenvalue weighted by Gasteiger charge is 2.15. The first-order chi connectivity index (χ1) is 11.1. The third-order valence-electron chi connectivity index (χ3n) is 4.23. The minimum Gasteiger partial charge on any atom is -0.348 e. The molecule has 3 rings (SSSR count). The SMILES string of the molecule is Cc1cc(C)n2nc(C(=O)NCCN3CCCCCC3)nc2n1. The molecule has 3 heterocycles. The van der Waals surface area contributed by atoms with Crippen molar-refractivity contribution in [3.8, 4) is 0 Å². The second kappa shape index (κ2) is 7.04. The van der Waals surface area contributed by atoms with Crippen molar-refractivity contribution >= 4 is 11.7 Å². The van der Waals surface area contributed by atoms with E-state index in [1.807, 2.05) is 19.9 Å². The van der Waals surface area contributed by atoms with Crippen LogP contribution in [0.3, 0.4) is 0 Å². The molecule has 23 heavy (non-hydrogen) atoms. The number of hydrogen-bond donors (Lipinski definition) is 1. The molecule has 1 fully saturated rings. The quantitative estimate of drug-likeness (QED) is 0.921. The molecular formula is C16H24N6O. The number of aromatic nitrogens is 4. The van der Waals surface area contributed by atoms with Crippen LogP contribution in [0.1, 0.15) is 47.7 Å². The van der Waals surface area contributed by atoms with Gasteiger partial charge >= 0.3 is 0 Å². The van der Waals surface area contributed by atoms with Gasteiger partial charge in [-0.2, -0.15) is 4.98 Å². The van der Waals surface area contributed by atoms with E-state index < -0.39 is 0 Å². The van der Waals surface area contributed by atoms with Gasteiger partial charge in [-0.05, 0) is 45.8 Å². The van der Waals surface area contributed by atoms with Crippen LogP contribution in [0.15, 0.2) is 6.07 Å². The van der Waals surface area contributed by atoms with Gasteiger partial charge in [0.1, 0.15) is 0 Å². The van der Waals surface area contributed by atoms with Crippen LogP contribution >= 0.6 is 0 Å². The lowest BCUT2D eigenvalue weighted by Crippen LogP contribution is -2.35. The van der Waals surface area contributed by atoms with Crippen LogP contribution in [0.5, 0.6) is 0 Å². The fourth-order valence-electron chi connectivity index (χ4n) is 3.03. The molecule has 2 aromatic heterocycles. The molecular weight excluding hydrogens is 292 g/mol. The highest BCUT2D eigenvalue weighted by atomic mass is 16.2. The van der Waals surface area contributed by atoms with Gasteiger partial charge in [0.2, 0.25) is 5.82 Å². The van der Waals surface area contributed by atoms with Crippen molar-refractivity contribution < 1.29 is 4.79 Å². The van der Waals surface area contributed by atoms with Crippen molar-refractivity contribution in [3.63, 3.8) is 0 Å². The minimum atomic E-state index is -0.234. The number of carbonyl (C=O) groups is 1. The molecule has 0 atom stereocenters. The highest BCUT2D eigenvalue weighted by molar-refractivity contribution is 5.90. The summed E-state index contributed by atoms with van der Waals surface area (Å²) >= 11 is 0. The van der Waals surface area contributed by atoms with Crippen molar-refractivity contribution in [2.75, 3.05) is 26.2 Å². The maximum atomic E-state index is 12.2. The van der Waals surface area contributed by atoms with Gasteiger partial charge in [0.15, 0.2) is 0 Å². The average molecular weight is 316 g/mol. The maximum Gasteiger partial charge on any atom is 0.291 e. The number of fused-ring (bicyclic) bond motifs is 1. The van der Waals surface area contributed by atoms with Crippen molar-refractivity contribution in [2.45, 2.75) is 39.5 Å². The number of hydrogen-bond acceptors (Lipinski definition) is 5. The lowest BCUT2D eigenvalue weighted by atomic mass is 10.2. The normalized spacial score (nSPS) is 16.4. The van der Waals surface area contributed by atoms with E-state index in [1.165, 1.54) is 25.7 Å². The van der Waals surface area contributed by atoms with Crippen molar-refractivity contribution in [3.05, 3.63) is 23.3 Å². The summed E-state index contributed by atoms with van der Waals surface area (Å²) in [5.41, 5.74) is 1.79. The van der Waals surface area contributed by atoms with Crippen LogP contribution in [0.25, 0.3) is 5.78 Å². The molecule has 0 aliphatic carbocycles. The molecule has 1 amide bonds. The number of amides is 1. The summed E-state index contributed by atoms with van der Waals surface area (Å²) in [5.74, 6) is 0.421. The molecule has 1 N–H and O–H groups in total. The number of carbonyl (C=O) groups excluding carboxylic acids is 1. The Morgan fingerprint density at radius 1 is 1.17 bits per heavy atom. The predicted octanol–water partition coefficient (Wildman–Crippen LogP) is 1.35. The number of rotatable bonds is 4. The second-order valence-electron chi connectivity index (χ2n) is 6.20. The summed E-state index contributed by atoms with van der Waals surface area (Å²) in [6.45, 7) is 7.60. The van der Waals surface area contributed by atoms with E-state index in [4.69, 9.17) is 0 Å². The fourth-order valence-corrected chi connectivity index (χ4v) is 3.03. The van der Waals surface area contributed by atoms with E-state index in [1.54, 1.807) is 4.52 Å². The molecule has 2 aromatic rings. The standard InChI is InChI=1S/C16H24N6O/c1-12-11-13(2)22-16(18-12)19-14(20-22)15(23)17-7-10-21-8-5-3-4-6-9-21/h11H,3-10H2,1-2H3,(H,17,23). The first-order valence-corrected chi connectivity index (χ1v) is 8.35. The zero-order valence-corrected chi connectivity index (χ0v) is 13.9. The van der Waals surface area contributed by atoms with Crippen LogP contribution in [0, 0.1) is 13.8 Å². The molecule has 1 aliphatic rings. The summed E-state index contributed by atoms with van der Waals surface area (Å²) < 4.78 is 1.61. The van der Waals surface area contributed by atoms with Gasteiger partial charge in [-0.25, -0.2) is 9.50 Å². The lowest BCUT2D eigenvalue weighted by molar-refractivity contribution is 0.0938. The highest BCUT2D eigenvalue weighted by Crippen LogP contribution is 2.09. The maximum absolute atomic E-state index is 12.2. The first-order valence-electron chi connectivity index (χ1n) is 8.35. The molecule has 0 aromatic carbocycles. The monoisotopic (exact) mass is 316 g/mol. The van der Waals surface area contributed by atoms with Gasteiger partial charge in [-0.3, -0.25) is 4.79 Å². The zero-order valence-electron chi connectivity index (χ0n) is 13.9. The second-order valence-corrected chi connectivity index (χ2v) is 6.20. The summed E-state index contributed by atoms with van der Waals surface area (Å²) in [6, 6.07) is 1.92. The molecule has 0 saturated carbocycles. The lowest BCUT2D eigenvalue weighted by Gasteiger charge is -2.19. The van der Waals surface area contributed by atoms with E-state index >= 15 is 0 Å². The molecule has 1 saturated heterocycles. The molecule has 7 nitrogen and oxygen atoms in total. The van der Waals surface area contributed by atoms with E-state index in [0.29, 0.717) is 12.3 Å². The molecule has 0 unspecified atom stereocenters. The molecule has 124 valence electrons. The third kappa shape index (κ3) is 3.85. The molecule has 7 heteroatoms. The number of likely N-dealkylation sites (tertiary alicyclic amines) is 1. The van der Waals surface area contributed by atoms with Gasteiger partial charge in [-0.15, -0.1) is 5.10 Å². The topological polar surface area (TPSA) is 75.4 Å². The van der Waals surface area contributed by atoms with Crippen LogP contribution < -0.4 is 5.32 Å². The Labute approximate surface area is 136 Å². The van der Waals surface area contributed by atoms with Gasteiger partial charge in [0.05, 0.1) is 0 Å².